The summed E-state index contributed by atoms with van der Waals surface area (Å²) in [6, 6.07) is 0. The highest BCUT2D eigenvalue weighted by atomic mass is 32.2. The Morgan fingerprint density at radius 1 is 1.62 bits per heavy atom. The molecule has 0 bridgehead atoms. The molecule has 2 nitrogen and oxygen atoms in total. The van der Waals surface area contributed by atoms with Crippen LogP contribution in [0.15, 0.2) is 0 Å². The molecular weight excluding hydrogens is 122 g/mol. The highest BCUT2D eigenvalue weighted by Gasteiger charge is 2.16. The quantitative estimate of drug-likeness (QED) is 0.519. The minimum Gasteiger partial charge on any atom is -0.353 e. The maximum atomic E-state index is 5.30. The van der Waals surface area contributed by atoms with E-state index in [1.54, 1.807) is 0 Å². The van der Waals surface area contributed by atoms with Gasteiger partial charge in [-0.1, -0.05) is 0 Å². The fourth-order valence-corrected chi connectivity index (χ4v) is 1.53. The molecule has 1 unspecified atom stereocenters. The molecule has 1 fully saturated rings. The summed E-state index contributed by atoms with van der Waals surface area (Å²) in [5.41, 5.74) is 0.315. The molecular formula is C5H11NOS. The number of rotatable bonds is 1. The van der Waals surface area contributed by atoms with Crippen LogP contribution in [0.5, 0.6) is 0 Å². The molecule has 1 atom stereocenters. The average molecular weight is 133 g/mol. The Morgan fingerprint density at radius 2 is 2.38 bits per heavy atom. The molecule has 1 aliphatic rings. The third-order valence-electron chi connectivity index (χ3n) is 1.03. The predicted molar refractivity (Wildman–Crippen MR) is 35.9 cm³/mol. The molecule has 0 aromatic heterocycles. The molecule has 0 aliphatic carbocycles. The van der Waals surface area contributed by atoms with Crippen molar-refractivity contribution >= 4 is 11.8 Å². The first kappa shape index (κ1) is 6.39. The van der Waals surface area contributed by atoms with Crippen LogP contribution < -0.4 is 0 Å². The number of hydrogen-bond acceptors (Lipinski definition) is 3. The van der Waals surface area contributed by atoms with E-state index in [1.807, 2.05) is 25.9 Å². The summed E-state index contributed by atoms with van der Waals surface area (Å²) in [6.45, 7) is 0.910. The summed E-state index contributed by atoms with van der Waals surface area (Å²) >= 11 is 1.85. The van der Waals surface area contributed by atoms with E-state index in [0.29, 0.717) is 5.56 Å². The van der Waals surface area contributed by atoms with Gasteiger partial charge in [0.05, 0.1) is 6.61 Å². The lowest BCUT2D eigenvalue weighted by atomic mass is 10.8. The largest absolute Gasteiger partial charge is 0.353 e. The molecule has 0 radical (unpaired) electrons. The van der Waals surface area contributed by atoms with Crippen LogP contribution in [0.25, 0.3) is 0 Å². The molecule has 3 heteroatoms. The second kappa shape index (κ2) is 2.71. The van der Waals surface area contributed by atoms with Gasteiger partial charge in [0.2, 0.25) is 0 Å². The molecule has 1 heterocycles. The van der Waals surface area contributed by atoms with Gasteiger partial charge in [0, 0.05) is 5.75 Å². The molecule has 1 aliphatic heterocycles. The molecule has 0 amide bonds. The lowest BCUT2D eigenvalue weighted by Crippen LogP contribution is -2.23. The topological polar surface area (TPSA) is 12.5 Å². The average Bonchev–Trinajstić information content (AvgIpc) is 2.12. The molecule has 0 aromatic carbocycles. The highest BCUT2D eigenvalue weighted by molar-refractivity contribution is 7.99. The number of hydrogen-bond donors (Lipinski definition) is 0. The fraction of sp³-hybridized carbons (Fsp3) is 1.00. The van der Waals surface area contributed by atoms with E-state index in [0.717, 1.165) is 12.4 Å². The van der Waals surface area contributed by atoms with Crippen LogP contribution in [0.2, 0.25) is 0 Å². The van der Waals surface area contributed by atoms with Crippen LogP contribution in [0.3, 0.4) is 0 Å². The van der Waals surface area contributed by atoms with Gasteiger partial charge in [-0.3, -0.25) is 4.90 Å². The van der Waals surface area contributed by atoms with Crippen molar-refractivity contribution in [2.24, 2.45) is 0 Å². The molecule has 1 saturated heterocycles. The maximum absolute atomic E-state index is 5.30. The van der Waals surface area contributed by atoms with E-state index in [-0.39, 0.29) is 0 Å². The third-order valence-corrected chi connectivity index (χ3v) is 2.27. The van der Waals surface area contributed by atoms with Crippen molar-refractivity contribution < 1.29 is 4.74 Å². The zero-order chi connectivity index (χ0) is 5.98. The number of thioether (sulfide) groups is 1. The summed E-state index contributed by atoms with van der Waals surface area (Å²) in [7, 11) is 4.06. The normalized spacial score (nSPS) is 29.6. The van der Waals surface area contributed by atoms with Crippen molar-refractivity contribution in [1.29, 1.82) is 0 Å². The molecule has 48 valence electrons. The molecule has 1 rings (SSSR count). The van der Waals surface area contributed by atoms with Crippen LogP contribution in [-0.4, -0.2) is 36.9 Å². The van der Waals surface area contributed by atoms with E-state index in [1.165, 1.54) is 0 Å². The van der Waals surface area contributed by atoms with E-state index in [9.17, 15) is 0 Å². The van der Waals surface area contributed by atoms with Crippen molar-refractivity contribution in [2.45, 2.75) is 5.56 Å². The second-order valence-corrected chi connectivity index (χ2v) is 3.16. The van der Waals surface area contributed by atoms with Crippen LogP contribution in [0.1, 0.15) is 0 Å². The van der Waals surface area contributed by atoms with Gasteiger partial charge in [0.25, 0.3) is 0 Å². The Bertz CT molecular complexity index is 70.8. The molecule has 0 N–H and O–H groups in total. The lowest BCUT2D eigenvalue weighted by molar-refractivity contribution is 0.0511. The third kappa shape index (κ3) is 1.37. The van der Waals surface area contributed by atoms with Crippen LogP contribution >= 0.6 is 11.8 Å². The lowest BCUT2D eigenvalue weighted by Gasteiger charge is -2.15. The van der Waals surface area contributed by atoms with Gasteiger partial charge in [-0.15, -0.1) is 11.8 Å². The van der Waals surface area contributed by atoms with Crippen molar-refractivity contribution in [2.75, 3.05) is 26.5 Å². The highest BCUT2D eigenvalue weighted by Crippen LogP contribution is 2.20. The van der Waals surface area contributed by atoms with Gasteiger partial charge in [-0.05, 0) is 14.1 Å². The maximum Gasteiger partial charge on any atom is 0.158 e. The Balaban J connectivity index is 2.24. The molecule has 0 spiro atoms. The Kier molecular flexibility index (Phi) is 2.16. The number of nitrogens with zero attached hydrogens (tertiary/aromatic N) is 1. The van der Waals surface area contributed by atoms with E-state index in [2.05, 4.69) is 4.90 Å². The first-order chi connectivity index (χ1) is 3.80. The zero-order valence-corrected chi connectivity index (χ0v) is 6.07. The van der Waals surface area contributed by atoms with Gasteiger partial charge in [-0.2, -0.15) is 0 Å². The zero-order valence-electron chi connectivity index (χ0n) is 5.26. The Labute approximate surface area is 54.2 Å². The molecule has 0 aromatic rings. The SMILES string of the molecule is CN(C)C1OCCS1. The smallest absolute Gasteiger partial charge is 0.158 e. The summed E-state index contributed by atoms with van der Waals surface area (Å²) in [4.78, 5) is 2.08. The summed E-state index contributed by atoms with van der Waals surface area (Å²) in [5.74, 6) is 1.14. The standard InChI is InChI=1S/C5H11NOS/c1-6(2)5-7-3-4-8-5/h5H,3-4H2,1-2H3. The number of ether oxygens (including phenoxy) is 1. The van der Waals surface area contributed by atoms with Crippen molar-refractivity contribution in [3.05, 3.63) is 0 Å². The van der Waals surface area contributed by atoms with Gasteiger partial charge >= 0.3 is 0 Å². The van der Waals surface area contributed by atoms with Crippen LogP contribution in [-0.2, 0) is 4.74 Å². The predicted octanol–water partition coefficient (Wildman–Crippen LogP) is 0.595. The minimum atomic E-state index is 0.315. The summed E-state index contributed by atoms with van der Waals surface area (Å²) in [6.07, 6.45) is 0. The van der Waals surface area contributed by atoms with Crippen LogP contribution in [0, 0.1) is 0 Å². The van der Waals surface area contributed by atoms with Crippen molar-refractivity contribution in [1.82, 2.24) is 4.90 Å². The Morgan fingerprint density at radius 3 is 2.62 bits per heavy atom. The van der Waals surface area contributed by atoms with Gasteiger partial charge in [0.1, 0.15) is 0 Å². The van der Waals surface area contributed by atoms with E-state index >= 15 is 0 Å². The van der Waals surface area contributed by atoms with Crippen LogP contribution in [0.4, 0.5) is 0 Å². The van der Waals surface area contributed by atoms with E-state index < -0.39 is 0 Å². The Hall–Kier alpha value is 0.270. The van der Waals surface area contributed by atoms with Crippen molar-refractivity contribution in [3.63, 3.8) is 0 Å². The van der Waals surface area contributed by atoms with Gasteiger partial charge in [0.15, 0.2) is 5.56 Å². The second-order valence-electron chi connectivity index (χ2n) is 2.01. The van der Waals surface area contributed by atoms with E-state index in [4.69, 9.17) is 4.74 Å². The minimum absolute atomic E-state index is 0.315. The van der Waals surface area contributed by atoms with Gasteiger partial charge < -0.3 is 4.74 Å². The monoisotopic (exact) mass is 133 g/mol. The fourth-order valence-electron chi connectivity index (χ4n) is 0.644. The summed E-state index contributed by atoms with van der Waals surface area (Å²) < 4.78 is 5.30. The van der Waals surface area contributed by atoms with Gasteiger partial charge in [-0.25, -0.2) is 0 Å². The first-order valence-corrected chi connectivity index (χ1v) is 3.75. The molecule has 8 heavy (non-hydrogen) atoms. The first-order valence-electron chi connectivity index (χ1n) is 2.70. The van der Waals surface area contributed by atoms with Crippen molar-refractivity contribution in [3.8, 4) is 0 Å². The summed E-state index contributed by atoms with van der Waals surface area (Å²) in [5, 5.41) is 0. The molecule has 0 saturated carbocycles.